The van der Waals surface area contributed by atoms with E-state index in [2.05, 4.69) is 58.9 Å². The third kappa shape index (κ3) is 10.5. The molecular formula is C17H31IN4O. The van der Waals surface area contributed by atoms with Gasteiger partial charge in [-0.1, -0.05) is 24.3 Å². The van der Waals surface area contributed by atoms with Crippen molar-refractivity contribution in [3.05, 3.63) is 35.4 Å². The molecule has 0 aliphatic heterocycles. The van der Waals surface area contributed by atoms with Crippen LogP contribution < -0.4 is 10.6 Å². The Morgan fingerprint density at radius 1 is 1.13 bits per heavy atom. The number of aliphatic imine (C=N–C) groups is 1. The first-order chi connectivity index (χ1) is 10.7. The van der Waals surface area contributed by atoms with Crippen LogP contribution in [0.5, 0.6) is 0 Å². The maximum absolute atomic E-state index is 5.31. The summed E-state index contributed by atoms with van der Waals surface area (Å²) < 4.78 is 5.31. The molecular weight excluding hydrogens is 403 g/mol. The summed E-state index contributed by atoms with van der Waals surface area (Å²) in [6.45, 7) is 6.17. The van der Waals surface area contributed by atoms with E-state index >= 15 is 0 Å². The van der Waals surface area contributed by atoms with Crippen LogP contribution in [0.25, 0.3) is 0 Å². The molecule has 1 aromatic carbocycles. The Balaban J connectivity index is 0.00000484. The van der Waals surface area contributed by atoms with E-state index in [0.717, 1.165) is 45.2 Å². The lowest BCUT2D eigenvalue weighted by molar-refractivity contribution is 0.145. The number of halogens is 1. The van der Waals surface area contributed by atoms with Gasteiger partial charge in [-0.3, -0.25) is 4.99 Å². The monoisotopic (exact) mass is 434 g/mol. The third-order valence-electron chi connectivity index (χ3n) is 3.17. The predicted molar refractivity (Wildman–Crippen MR) is 109 cm³/mol. The van der Waals surface area contributed by atoms with Gasteiger partial charge in [0.2, 0.25) is 0 Å². The largest absolute Gasteiger partial charge is 0.382 e. The second-order valence-corrected chi connectivity index (χ2v) is 5.46. The van der Waals surface area contributed by atoms with Crippen LogP contribution in [-0.2, 0) is 17.8 Å². The van der Waals surface area contributed by atoms with Gasteiger partial charge in [0, 0.05) is 39.9 Å². The lowest BCUT2D eigenvalue weighted by atomic mass is 10.1. The maximum atomic E-state index is 5.31. The van der Waals surface area contributed by atoms with Crippen molar-refractivity contribution >= 4 is 29.9 Å². The summed E-state index contributed by atoms with van der Waals surface area (Å²) in [4.78, 5) is 6.39. The first-order valence-corrected chi connectivity index (χ1v) is 7.90. The minimum atomic E-state index is 0. The summed E-state index contributed by atoms with van der Waals surface area (Å²) in [5, 5.41) is 6.61. The Kier molecular flexibility index (Phi) is 13.1. The molecule has 0 fully saturated rings. The minimum Gasteiger partial charge on any atom is -0.382 e. The van der Waals surface area contributed by atoms with Gasteiger partial charge in [0.1, 0.15) is 0 Å². The van der Waals surface area contributed by atoms with Gasteiger partial charge in [-0.25, -0.2) is 0 Å². The first-order valence-electron chi connectivity index (χ1n) is 7.90. The van der Waals surface area contributed by atoms with Crippen molar-refractivity contribution in [2.45, 2.75) is 26.4 Å². The highest BCUT2D eigenvalue weighted by Gasteiger charge is 1.99. The second kappa shape index (κ2) is 13.6. The molecule has 132 valence electrons. The second-order valence-electron chi connectivity index (χ2n) is 5.46. The maximum Gasteiger partial charge on any atom is 0.191 e. The van der Waals surface area contributed by atoms with E-state index in [1.54, 1.807) is 7.05 Å². The molecule has 0 heterocycles. The van der Waals surface area contributed by atoms with Gasteiger partial charge >= 0.3 is 0 Å². The molecule has 0 aliphatic rings. The molecule has 0 saturated heterocycles. The Labute approximate surface area is 157 Å². The van der Waals surface area contributed by atoms with E-state index in [1.165, 1.54) is 11.1 Å². The van der Waals surface area contributed by atoms with Crippen molar-refractivity contribution in [2.75, 3.05) is 40.9 Å². The van der Waals surface area contributed by atoms with Gasteiger partial charge < -0.3 is 20.3 Å². The molecule has 0 amide bonds. The molecule has 2 N–H and O–H groups in total. The lowest BCUT2D eigenvalue weighted by Crippen LogP contribution is -2.37. The fourth-order valence-electron chi connectivity index (χ4n) is 2.06. The Bertz CT molecular complexity index is 435. The van der Waals surface area contributed by atoms with Crippen LogP contribution >= 0.6 is 24.0 Å². The summed E-state index contributed by atoms with van der Waals surface area (Å²) in [5.74, 6) is 0.828. The van der Waals surface area contributed by atoms with Gasteiger partial charge in [0.05, 0.1) is 0 Å². The van der Waals surface area contributed by atoms with E-state index in [9.17, 15) is 0 Å². The highest BCUT2D eigenvalue weighted by atomic mass is 127. The third-order valence-corrected chi connectivity index (χ3v) is 3.17. The summed E-state index contributed by atoms with van der Waals surface area (Å²) in [7, 11) is 5.95. The van der Waals surface area contributed by atoms with Crippen molar-refractivity contribution in [3.63, 3.8) is 0 Å². The SMILES string of the molecule is CCOCCCNC(=NC)NCc1ccc(CN(C)C)cc1.I. The van der Waals surface area contributed by atoms with Gasteiger partial charge in [-0.15, -0.1) is 24.0 Å². The van der Waals surface area contributed by atoms with Crippen LogP contribution in [0.3, 0.4) is 0 Å². The zero-order valence-corrected chi connectivity index (χ0v) is 17.1. The van der Waals surface area contributed by atoms with Crippen molar-refractivity contribution in [2.24, 2.45) is 4.99 Å². The fourth-order valence-corrected chi connectivity index (χ4v) is 2.06. The molecule has 6 heteroatoms. The topological polar surface area (TPSA) is 48.9 Å². The number of guanidine groups is 1. The Morgan fingerprint density at radius 3 is 2.35 bits per heavy atom. The highest BCUT2D eigenvalue weighted by molar-refractivity contribution is 14.0. The van der Waals surface area contributed by atoms with Gasteiger partial charge in [0.15, 0.2) is 5.96 Å². The average Bonchev–Trinajstić information content (AvgIpc) is 2.51. The van der Waals surface area contributed by atoms with Crippen LogP contribution in [0.15, 0.2) is 29.3 Å². The molecule has 0 bridgehead atoms. The molecule has 0 radical (unpaired) electrons. The van der Waals surface area contributed by atoms with Crippen LogP contribution in [0.4, 0.5) is 0 Å². The molecule has 0 spiro atoms. The number of hydrogen-bond acceptors (Lipinski definition) is 3. The highest BCUT2D eigenvalue weighted by Crippen LogP contribution is 2.05. The van der Waals surface area contributed by atoms with E-state index in [-0.39, 0.29) is 24.0 Å². The predicted octanol–water partition coefficient (Wildman–Crippen LogP) is 2.46. The number of nitrogens with zero attached hydrogens (tertiary/aromatic N) is 2. The average molecular weight is 434 g/mol. The van der Waals surface area contributed by atoms with Crippen LogP contribution in [0, 0.1) is 0 Å². The lowest BCUT2D eigenvalue weighted by Gasteiger charge is -2.13. The summed E-state index contributed by atoms with van der Waals surface area (Å²) in [6, 6.07) is 8.67. The quantitative estimate of drug-likeness (QED) is 0.271. The molecule has 0 atom stereocenters. The van der Waals surface area contributed by atoms with E-state index in [0.29, 0.717) is 0 Å². The number of nitrogens with one attached hydrogen (secondary N) is 2. The molecule has 0 aliphatic carbocycles. The molecule has 23 heavy (non-hydrogen) atoms. The Morgan fingerprint density at radius 2 is 1.78 bits per heavy atom. The Hall–Kier alpha value is -0.860. The van der Waals surface area contributed by atoms with Crippen LogP contribution in [-0.4, -0.2) is 51.8 Å². The summed E-state index contributed by atoms with van der Waals surface area (Å²) >= 11 is 0. The van der Waals surface area contributed by atoms with E-state index < -0.39 is 0 Å². The van der Waals surface area contributed by atoms with Crippen molar-refractivity contribution in [3.8, 4) is 0 Å². The molecule has 1 aromatic rings. The van der Waals surface area contributed by atoms with Gasteiger partial charge in [-0.05, 0) is 38.6 Å². The minimum absolute atomic E-state index is 0. The number of benzene rings is 1. The van der Waals surface area contributed by atoms with Crippen molar-refractivity contribution in [1.29, 1.82) is 0 Å². The molecule has 0 aromatic heterocycles. The van der Waals surface area contributed by atoms with Crippen LogP contribution in [0.2, 0.25) is 0 Å². The van der Waals surface area contributed by atoms with Gasteiger partial charge in [-0.2, -0.15) is 0 Å². The zero-order chi connectivity index (χ0) is 16.2. The molecule has 0 saturated carbocycles. The molecule has 5 nitrogen and oxygen atoms in total. The zero-order valence-electron chi connectivity index (χ0n) is 14.8. The first kappa shape index (κ1) is 22.1. The van der Waals surface area contributed by atoms with E-state index in [1.807, 2.05) is 6.92 Å². The molecule has 0 unspecified atom stereocenters. The number of ether oxygens (including phenoxy) is 1. The molecule has 1 rings (SSSR count). The number of rotatable bonds is 9. The number of hydrogen-bond donors (Lipinski definition) is 2. The van der Waals surface area contributed by atoms with Crippen molar-refractivity contribution in [1.82, 2.24) is 15.5 Å². The van der Waals surface area contributed by atoms with Crippen LogP contribution in [0.1, 0.15) is 24.5 Å². The normalized spacial score (nSPS) is 11.3. The smallest absolute Gasteiger partial charge is 0.191 e. The summed E-state index contributed by atoms with van der Waals surface area (Å²) in [6.07, 6.45) is 0.980. The van der Waals surface area contributed by atoms with Crippen molar-refractivity contribution < 1.29 is 4.74 Å². The fraction of sp³-hybridized carbons (Fsp3) is 0.588. The van der Waals surface area contributed by atoms with Gasteiger partial charge in [0.25, 0.3) is 0 Å². The van der Waals surface area contributed by atoms with E-state index in [4.69, 9.17) is 4.74 Å². The standard InChI is InChI=1S/C17H30N4O.HI/c1-5-22-12-6-11-19-17(18-2)20-13-15-7-9-16(10-8-15)14-21(3)4;/h7-10H,5-6,11-14H2,1-4H3,(H2,18,19,20);1H. The summed E-state index contributed by atoms with van der Waals surface area (Å²) in [5.41, 5.74) is 2.58.